The van der Waals surface area contributed by atoms with Crippen LogP contribution in [-0.4, -0.2) is 11.9 Å². The summed E-state index contributed by atoms with van der Waals surface area (Å²) in [5, 5.41) is 3.26. The van der Waals surface area contributed by atoms with Gasteiger partial charge in [-0.3, -0.25) is 4.79 Å². The van der Waals surface area contributed by atoms with Crippen LogP contribution < -0.4 is 11.1 Å². The van der Waals surface area contributed by atoms with E-state index in [0.717, 1.165) is 12.8 Å². The summed E-state index contributed by atoms with van der Waals surface area (Å²) in [6.45, 7) is 4.49. The first-order valence-electron chi connectivity index (χ1n) is 7.81. The topological polar surface area (TPSA) is 55.1 Å². The zero-order valence-corrected chi connectivity index (χ0v) is 12.9. The number of rotatable bonds is 5. The van der Waals surface area contributed by atoms with Gasteiger partial charge in [0, 0.05) is 11.6 Å². The molecule has 0 spiro atoms. The smallest absolute Gasteiger partial charge is 0.248 e. The molecule has 4 heteroatoms. The molecule has 1 amide bonds. The van der Waals surface area contributed by atoms with E-state index >= 15 is 0 Å². The average Bonchev–Trinajstić information content (AvgIpc) is 2.40. The normalized spacial score (nSPS) is 22.3. The second-order valence-electron chi connectivity index (χ2n) is 6.56. The molecule has 1 aliphatic rings. The molecule has 0 radical (unpaired) electrons. The number of benzene rings is 1. The molecule has 0 aromatic heterocycles. The fourth-order valence-electron chi connectivity index (χ4n) is 3.31. The third-order valence-electron chi connectivity index (χ3n) is 4.20. The van der Waals surface area contributed by atoms with Gasteiger partial charge in [0.2, 0.25) is 5.91 Å². The van der Waals surface area contributed by atoms with E-state index in [0.29, 0.717) is 23.1 Å². The highest BCUT2D eigenvalue weighted by Gasteiger charge is 2.23. The van der Waals surface area contributed by atoms with Crippen LogP contribution in [0.3, 0.4) is 0 Å². The van der Waals surface area contributed by atoms with E-state index in [1.165, 1.54) is 37.5 Å². The SMILES string of the molecule is CC(C)CC1CCCC(Nc2cc(C(N)=O)ccc2F)C1. The van der Waals surface area contributed by atoms with Gasteiger partial charge in [-0.15, -0.1) is 0 Å². The van der Waals surface area contributed by atoms with E-state index in [4.69, 9.17) is 5.73 Å². The standard InChI is InChI=1S/C17H25FN2O/c1-11(2)8-12-4-3-5-14(9-12)20-16-10-13(17(19)21)6-7-15(16)18/h6-7,10-12,14,20H,3-5,8-9H2,1-2H3,(H2,19,21). The maximum Gasteiger partial charge on any atom is 0.248 e. The van der Waals surface area contributed by atoms with Crippen molar-refractivity contribution in [3.05, 3.63) is 29.6 Å². The van der Waals surface area contributed by atoms with Crippen molar-refractivity contribution in [1.82, 2.24) is 0 Å². The molecule has 1 fully saturated rings. The third-order valence-corrected chi connectivity index (χ3v) is 4.20. The van der Waals surface area contributed by atoms with E-state index < -0.39 is 5.91 Å². The summed E-state index contributed by atoms with van der Waals surface area (Å²) in [7, 11) is 0. The molecule has 3 N–H and O–H groups in total. The van der Waals surface area contributed by atoms with Gasteiger partial charge < -0.3 is 11.1 Å². The largest absolute Gasteiger partial charge is 0.380 e. The molecule has 0 aliphatic heterocycles. The number of carbonyl (C=O) groups excluding carboxylic acids is 1. The summed E-state index contributed by atoms with van der Waals surface area (Å²) >= 11 is 0. The number of anilines is 1. The molecule has 0 bridgehead atoms. The van der Waals surface area contributed by atoms with Crippen molar-refractivity contribution in [2.45, 2.75) is 52.0 Å². The van der Waals surface area contributed by atoms with Gasteiger partial charge in [-0.25, -0.2) is 4.39 Å². The molecule has 116 valence electrons. The monoisotopic (exact) mass is 292 g/mol. The summed E-state index contributed by atoms with van der Waals surface area (Å²) in [4.78, 5) is 11.2. The van der Waals surface area contributed by atoms with Crippen molar-refractivity contribution in [3.63, 3.8) is 0 Å². The van der Waals surface area contributed by atoms with Crippen LogP contribution in [-0.2, 0) is 0 Å². The molecular formula is C17H25FN2O. The number of carbonyl (C=O) groups is 1. The van der Waals surface area contributed by atoms with E-state index in [-0.39, 0.29) is 11.9 Å². The van der Waals surface area contributed by atoms with E-state index in [1.54, 1.807) is 0 Å². The maximum atomic E-state index is 13.9. The fraction of sp³-hybridized carbons (Fsp3) is 0.588. The predicted octanol–water partition coefficient (Wildman–Crippen LogP) is 3.94. The number of nitrogens with one attached hydrogen (secondary N) is 1. The summed E-state index contributed by atoms with van der Waals surface area (Å²) in [5.41, 5.74) is 5.99. The van der Waals surface area contributed by atoms with Crippen molar-refractivity contribution < 1.29 is 9.18 Å². The highest BCUT2D eigenvalue weighted by atomic mass is 19.1. The van der Waals surface area contributed by atoms with Gasteiger partial charge in [-0.05, 0) is 49.3 Å². The lowest BCUT2D eigenvalue weighted by Crippen LogP contribution is -2.28. The molecule has 1 saturated carbocycles. The van der Waals surface area contributed by atoms with Gasteiger partial charge in [0.15, 0.2) is 0 Å². The first kappa shape index (κ1) is 15.8. The molecule has 0 saturated heterocycles. The number of hydrogen-bond acceptors (Lipinski definition) is 2. The van der Waals surface area contributed by atoms with Gasteiger partial charge in [0.05, 0.1) is 5.69 Å². The summed E-state index contributed by atoms with van der Waals surface area (Å²) in [5.74, 6) is 0.549. The van der Waals surface area contributed by atoms with Gasteiger partial charge in [0.1, 0.15) is 5.82 Å². The quantitative estimate of drug-likeness (QED) is 0.863. The van der Waals surface area contributed by atoms with Crippen molar-refractivity contribution in [1.29, 1.82) is 0 Å². The lowest BCUT2D eigenvalue weighted by atomic mass is 9.81. The Morgan fingerprint density at radius 3 is 2.86 bits per heavy atom. The van der Waals surface area contributed by atoms with Gasteiger partial charge in [-0.1, -0.05) is 26.7 Å². The van der Waals surface area contributed by atoms with E-state index in [2.05, 4.69) is 19.2 Å². The van der Waals surface area contributed by atoms with Crippen LogP contribution in [0, 0.1) is 17.7 Å². The average molecular weight is 292 g/mol. The van der Waals surface area contributed by atoms with Crippen LogP contribution in [0.2, 0.25) is 0 Å². The highest BCUT2D eigenvalue weighted by Crippen LogP contribution is 2.31. The maximum absolute atomic E-state index is 13.9. The Hall–Kier alpha value is -1.58. The fourth-order valence-corrected chi connectivity index (χ4v) is 3.31. The molecule has 1 aliphatic carbocycles. The van der Waals surface area contributed by atoms with Crippen molar-refractivity contribution in [2.24, 2.45) is 17.6 Å². The first-order chi connectivity index (χ1) is 9.95. The second kappa shape index (κ2) is 6.92. The number of hydrogen-bond donors (Lipinski definition) is 2. The minimum absolute atomic E-state index is 0.278. The first-order valence-corrected chi connectivity index (χ1v) is 7.81. The number of amides is 1. The predicted molar refractivity (Wildman–Crippen MR) is 83.7 cm³/mol. The Kier molecular flexibility index (Phi) is 5.21. The number of nitrogens with two attached hydrogens (primary N) is 1. The molecule has 2 atom stereocenters. The molecule has 1 aromatic rings. The molecule has 3 nitrogen and oxygen atoms in total. The van der Waals surface area contributed by atoms with Crippen LogP contribution in [0.25, 0.3) is 0 Å². The molecule has 21 heavy (non-hydrogen) atoms. The number of halogens is 1. The Labute approximate surface area is 126 Å². The Morgan fingerprint density at radius 1 is 1.43 bits per heavy atom. The van der Waals surface area contributed by atoms with Gasteiger partial charge in [0.25, 0.3) is 0 Å². The van der Waals surface area contributed by atoms with Crippen molar-refractivity contribution >= 4 is 11.6 Å². The minimum Gasteiger partial charge on any atom is -0.380 e. The molecule has 2 rings (SSSR count). The van der Waals surface area contributed by atoms with Crippen molar-refractivity contribution in [3.8, 4) is 0 Å². The molecule has 2 unspecified atom stereocenters. The van der Waals surface area contributed by atoms with Crippen molar-refractivity contribution in [2.75, 3.05) is 5.32 Å². The number of primary amides is 1. The zero-order chi connectivity index (χ0) is 15.4. The van der Waals surface area contributed by atoms with Crippen LogP contribution in [0.15, 0.2) is 18.2 Å². The zero-order valence-electron chi connectivity index (χ0n) is 12.9. The van der Waals surface area contributed by atoms with Crippen LogP contribution in [0.1, 0.15) is 56.3 Å². The van der Waals surface area contributed by atoms with Gasteiger partial charge in [-0.2, -0.15) is 0 Å². The van der Waals surface area contributed by atoms with E-state index in [9.17, 15) is 9.18 Å². The summed E-state index contributed by atoms with van der Waals surface area (Å²) in [6, 6.07) is 4.52. The summed E-state index contributed by atoms with van der Waals surface area (Å²) < 4.78 is 13.9. The van der Waals surface area contributed by atoms with E-state index in [1.807, 2.05) is 0 Å². The minimum atomic E-state index is -0.528. The Bertz CT molecular complexity index is 502. The summed E-state index contributed by atoms with van der Waals surface area (Å²) in [6.07, 6.45) is 5.78. The van der Waals surface area contributed by atoms with Gasteiger partial charge >= 0.3 is 0 Å². The van der Waals surface area contributed by atoms with Crippen LogP contribution in [0.5, 0.6) is 0 Å². The Balaban J connectivity index is 2.03. The Morgan fingerprint density at radius 2 is 2.19 bits per heavy atom. The molecule has 1 aromatic carbocycles. The van der Waals surface area contributed by atoms with Crippen LogP contribution >= 0.6 is 0 Å². The lowest BCUT2D eigenvalue weighted by Gasteiger charge is -2.31. The second-order valence-corrected chi connectivity index (χ2v) is 6.56. The highest BCUT2D eigenvalue weighted by molar-refractivity contribution is 5.93. The molecular weight excluding hydrogens is 267 g/mol. The third kappa shape index (κ3) is 4.45. The lowest BCUT2D eigenvalue weighted by molar-refractivity contribution is 0.100. The molecule has 0 heterocycles. The van der Waals surface area contributed by atoms with Crippen LogP contribution in [0.4, 0.5) is 10.1 Å².